The van der Waals surface area contributed by atoms with Crippen molar-refractivity contribution < 1.29 is 50.1 Å². The number of carboxylic acid groups (broad SMARTS) is 3. The van der Waals surface area contributed by atoms with Crippen molar-refractivity contribution in [2.24, 2.45) is 0 Å². The van der Waals surface area contributed by atoms with Crippen LogP contribution in [0, 0.1) is 0 Å². The van der Waals surface area contributed by atoms with Gasteiger partial charge >= 0.3 is 17.9 Å². The molecule has 0 aromatic carbocycles. The van der Waals surface area contributed by atoms with Crippen LogP contribution in [-0.2, 0) is 14.4 Å². The van der Waals surface area contributed by atoms with Gasteiger partial charge < -0.3 is 35.7 Å². The third-order valence-corrected chi connectivity index (χ3v) is 4.36. The fourth-order valence-corrected chi connectivity index (χ4v) is 2.54. The molecule has 192 valence electrons. The lowest BCUT2D eigenvalue weighted by atomic mass is 9.96. The van der Waals surface area contributed by atoms with Gasteiger partial charge in [0.2, 0.25) is 0 Å². The average Bonchev–Trinajstić information content (AvgIpc) is 2.70. The number of aliphatic hydroxyl groups excluding tert-OH is 3. The Kier molecular flexibility index (Phi) is 27.8. The van der Waals surface area contributed by atoms with E-state index in [9.17, 15) is 14.4 Å². The number of hydrogen-bond acceptors (Lipinski definition) is 7. The van der Waals surface area contributed by atoms with Crippen LogP contribution in [0.4, 0.5) is 0 Å². The van der Waals surface area contributed by atoms with Gasteiger partial charge in [-0.3, -0.25) is 9.59 Å². The van der Waals surface area contributed by atoms with E-state index in [4.69, 9.17) is 35.7 Å². The molecule has 0 amide bonds. The van der Waals surface area contributed by atoms with Crippen LogP contribution in [0.2, 0.25) is 0 Å². The zero-order chi connectivity index (χ0) is 25.3. The molecule has 0 saturated heterocycles. The van der Waals surface area contributed by atoms with Crippen LogP contribution in [-0.4, -0.2) is 79.1 Å². The smallest absolute Gasteiger partial charge is 0.336 e. The summed E-state index contributed by atoms with van der Waals surface area (Å²) in [5.41, 5.74) is -2.74. The minimum atomic E-state index is -2.74. The van der Waals surface area contributed by atoms with Gasteiger partial charge in [-0.25, -0.2) is 4.79 Å². The molecule has 0 aliphatic carbocycles. The zero-order valence-electron chi connectivity index (χ0n) is 19.4. The van der Waals surface area contributed by atoms with Gasteiger partial charge in [-0.1, -0.05) is 64.7 Å². The quantitative estimate of drug-likeness (QED) is 0.147. The second kappa shape index (κ2) is 25.5. The van der Waals surface area contributed by atoms with Gasteiger partial charge in [-0.2, -0.15) is 0 Å². The number of carboxylic acids is 3. The number of hydrogen-bond donors (Lipinski definition) is 7. The first-order valence-electron chi connectivity index (χ1n) is 11.3. The maximum absolute atomic E-state index is 10.3. The number of unbranched alkanes of at least 4 members (excludes halogenated alkanes) is 10. The Bertz CT molecular complexity index is 424. The molecule has 0 unspecified atom stereocenters. The lowest BCUT2D eigenvalue weighted by molar-refractivity contribution is -0.170. The van der Waals surface area contributed by atoms with Gasteiger partial charge in [0.05, 0.1) is 12.8 Å². The van der Waals surface area contributed by atoms with E-state index >= 15 is 0 Å². The summed E-state index contributed by atoms with van der Waals surface area (Å²) in [4.78, 5) is 30.5. The Balaban J connectivity index is -0.000000403. The molecule has 7 N–H and O–H groups in total. The summed E-state index contributed by atoms with van der Waals surface area (Å²) in [6, 6.07) is 0. The van der Waals surface area contributed by atoms with Crippen molar-refractivity contribution in [1.82, 2.24) is 0 Å². The van der Waals surface area contributed by atoms with E-state index in [1.807, 2.05) is 0 Å². The fraction of sp³-hybridized carbons (Fsp3) is 0.864. The second-order valence-electron chi connectivity index (χ2n) is 7.54. The van der Waals surface area contributed by atoms with E-state index in [0.717, 1.165) is 32.1 Å². The molecule has 0 atom stereocenters. The summed E-state index contributed by atoms with van der Waals surface area (Å²) in [5, 5.41) is 59.1. The molecule has 0 aliphatic rings. The number of aliphatic hydroxyl groups is 4. The first-order chi connectivity index (χ1) is 15.1. The Morgan fingerprint density at radius 3 is 1.06 bits per heavy atom. The first-order valence-corrected chi connectivity index (χ1v) is 11.3. The Morgan fingerprint density at radius 1 is 0.562 bits per heavy atom. The molecule has 0 aromatic heterocycles. The standard InChI is InChI=1S/C8H18O2.C8H18O.C6H8O7/c9-7-5-3-1-2-4-6-8-10;1-2-3-4-5-6-7-8-9;7-3(8)1-6(13,5(11)12)2-4(9)10/h9-10H,1-8H2;9H,2-8H2,1H3;13H,1-2H2,(H,7,8)(H,9,10)(H,11,12). The highest BCUT2D eigenvalue weighted by atomic mass is 16.4. The number of aliphatic carboxylic acids is 3. The fourth-order valence-electron chi connectivity index (χ4n) is 2.54. The Labute approximate surface area is 190 Å². The van der Waals surface area contributed by atoms with Crippen molar-refractivity contribution in [2.75, 3.05) is 19.8 Å². The normalized spacial score (nSPS) is 10.4. The van der Waals surface area contributed by atoms with Gasteiger partial charge in [0.15, 0.2) is 5.60 Å². The van der Waals surface area contributed by atoms with Crippen LogP contribution in [0.3, 0.4) is 0 Å². The second-order valence-corrected chi connectivity index (χ2v) is 7.54. The number of rotatable bonds is 18. The van der Waals surface area contributed by atoms with Crippen molar-refractivity contribution in [1.29, 1.82) is 0 Å². The third-order valence-electron chi connectivity index (χ3n) is 4.36. The highest BCUT2D eigenvalue weighted by Gasteiger charge is 2.40. The minimum absolute atomic E-state index is 0.319. The average molecular weight is 469 g/mol. The molecular formula is C22H44O10. The molecule has 0 rings (SSSR count). The zero-order valence-corrected chi connectivity index (χ0v) is 19.4. The van der Waals surface area contributed by atoms with E-state index < -0.39 is 36.4 Å². The van der Waals surface area contributed by atoms with Gasteiger partial charge in [0.1, 0.15) is 0 Å². The monoisotopic (exact) mass is 468 g/mol. The number of carbonyl (C=O) groups is 3. The largest absolute Gasteiger partial charge is 0.481 e. The molecule has 10 nitrogen and oxygen atoms in total. The molecule has 0 heterocycles. The molecular weight excluding hydrogens is 424 g/mol. The van der Waals surface area contributed by atoms with Gasteiger partial charge in [-0.15, -0.1) is 0 Å². The van der Waals surface area contributed by atoms with Gasteiger partial charge in [0, 0.05) is 19.8 Å². The first kappa shape index (κ1) is 34.9. The third kappa shape index (κ3) is 28.2. The van der Waals surface area contributed by atoms with Gasteiger partial charge in [0.25, 0.3) is 0 Å². The topological polar surface area (TPSA) is 193 Å². The Morgan fingerprint density at radius 2 is 0.844 bits per heavy atom. The van der Waals surface area contributed by atoms with Crippen LogP contribution in [0.25, 0.3) is 0 Å². The molecule has 0 fully saturated rings. The predicted octanol–water partition coefficient (Wildman–Crippen LogP) is 2.40. The highest BCUT2D eigenvalue weighted by molar-refractivity contribution is 5.88. The molecule has 0 spiro atoms. The molecule has 0 aliphatic heterocycles. The summed E-state index contributed by atoms with van der Waals surface area (Å²) < 4.78 is 0. The van der Waals surface area contributed by atoms with Crippen molar-refractivity contribution in [2.45, 2.75) is 102 Å². The molecule has 0 saturated carbocycles. The van der Waals surface area contributed by atoms with Crippen LogP contribution in [0.5, 0.6) is 0 Å². The lowest BCUT2D eigenvalue weighted by Gasteiger charge is -2.18. The van der Waals surface area contributed by atoms with E-state index in [1.54, 1.807) is 0 Å². The van der Waals surface area contributed by atoms with Gasteiger partial charge in [-0.05, 0) is 19.3 Å². The maximum Gasteiger partial charge on any atom is 0.336 e. The van der Waals surface area contributed by atoms with Crippen LogP contribution >= 0.6 is 0 Å². The summed E-state index contributed by atoms with van der Waals surface area (Å²) in [6.45, 7) is 3.22. The van der Waals surface area contributed by atoms with E-state index in [0.29, 0.717) is 19.8 Å². The van der Waals surface area contributed by atoms with Crippen molar-refractivity contribution in [3.05, 3.63) is 0 Å². The van der Waals surface area contributed by atoms with Crippen LogP contribution in [0.1, 0.15) is 96.8 Å². The van der Waals surface area contributed by atoms with E-state index in [2.05, 4.69) is 6.92 Å². The predicted molar refractivity (Wildman–Crippen MR) is 119 cm³/mol. The van der Waals surface area contributed by atoms with Crippen molar-refractivity contribution in [3.63, 3.8) is 0 Å². The molecule has 10 heteroatoms. The van der Waals surface area contributed by atoms with Crippen molar-refractivity contribution >= 4 is 17.9 Å². The van der Waals surface area contributed by atoms with Crippen molar-refractivity contribution in [3.8, 4) is 0 Å². The summed E-state index contributed by atoms with van der Waals surface area (Å²) in [7, 11) is 0. The summed E-state index contributed by atoms with van der Waals surface area (Å²) in [6.07, 6.45) is 11.7. The lowest BCUT2D eigenvalue weighted by Crippen LogP contribution is -2.42. The molecule has 0 aromatic rings. The highest BCUT2D eigenvalue weighted by Crippen LogP contribution is 2.15. The maximum atomic E-state index is 10.3. The van der Waals surface area contributed by atoms with E-state index in [1.165, 1.54) is 44.9 Å². The molecule has 0 bridgehead atoms. The molecule has 32 heavy (non-hydrogen) atoms. The summed E-state index contributed by atoms with van der Waals surface area (Å²) in [5.74, 6) is -5.02. The van der Waals surface area contributed by atoms with E-state index in [-0.39, 0.29) is 0 Å². The molecule has 0 radical (unpaired) electrons. The minimum Gasteiger partial charge on any atom is -0.481 e. The Hall–Kier alpha value is -1.75. The SMILES string of the molecule is CCCCCCCCO.O=C(O)CC(O)(CC(=O)O)C(=O)O.OCCCCCCCCO. The van der Waals surface area contributed by atoms with Crippen LogP contribution < -0.4 is 0 Å². The summed E-state index contributed by atoms with van der Waals surface area (Å²) >= 11 is 0. The van der Waals surface area contributed by atoms with Crippen LogP contribution in [0.15, 0.2) is 0 Å².